The number of esters is 2. The second-order valence-electron chi connectivity index (χ2n) is 6.92. The second-order valence-corrected chi connectivity index (χ2v) is 7.94. The Morgan fingerprint density at radius 2 is 1.84 bits per heavy atom. The Morgan fingerprint density at radius 3 is 2.50 bits per heavy atom. The molecule has 32 heavy (non-hydrogen) atoms. The van der Waals surface area contributed by atoms with E-state index in [1.54, 1.807) is 44.0 Å². The van der Waals surface area contributed by atoms with Crippen molar-refractivity contribution in [3.05, 3.63) is 51.7 Å². The highest BCUT2D eigenvalue weighted by atomic mass is 32.1. The number of hydrogen-bond donors (Lipinski definition) is 1. The summed E-state index contributed by atoms with van der Waals surface area (Å²) in [5.41, 5.74) is 0.939. The number of halogens is 1. The van der Waals surface area contributed by atoms with Gasteiger partial charge in [-0.05, 0) is 32.5 Å². The summed E-state index contributed by atoms with van der Waals surface area (Å²) in [6.45, 7) is 3.86. The molecular weight excluding hydrogens is 439 g/mol. The van der Waals surface area contributed by atoms with Crippen LogP contribution in [0.3, 0.4) is 0 Å². The Bertz CT molecular complexity index is 962. The maximum absolute atomic E-state index is 13.9. The molecule has 8 nitrogen and oxygen atoms in total. The van der Waals surface area contributed by atoms with Gasteiger partial charge >= 0.3 is 11.9 Å². The van der Waals surface area contributed by atoms with Crippen molar-refractivity contribution in [3.63, 3.8) is 0 Å². The fraction of sp³-hybridized carbons (Fsp3) is 0.409. The number of thiophene rings is 1. The highest BCUT2D eigenvalue weighted by molar-refractivity contribution is 7.18. The van der Waals surface area contributed by atoms with E-state index in [-0.39, 0.29) is 54.2 Å². The molecule has 0 unspecified atom stereocenters. The average Bonchev–Trinajstić information content (AvgIpc) is 3.05. The predicted octanol–water partition coefficient (Wildman–Crippen LogP) is 3.25. The van der Waals surface area contributed by atoms with E-state index in [9.17, 15) is 18.8 Å². The number of likely N-dealkylation sites (N-methyl/N-ethyl adjacent to an activating group) is 1. The van der Waals surface area contributed by atoms with E-state index in [2.05, 4.69) is 5.32 Å². The lowest BCUT2D eigenvalue weighted by Crippen LogP contribution is -2.30. The summed E-state index contributed by atoms with van der Waals surface area (Å²) in [6, 6.07) is 6.32. The van der Waals surface area contributed by atoms with Crippen molar-refractivity contribution in [3.8, 4) is 0 Å². The van der Waals surface area contributed by atoms with Crippen LogP contribution in [-0.2, 0) is 25.5 Å². The number of nitrogens with one attached hydrogen (secondary N) is 1. The van der Waals surface area contributed by atoms with Gasteiger partial charge in [-0.1, -0.05) is 18.2 Å². The zero-order valence-corrected chi connectivity index (χ0v) is 19.3. The van der Waals surface area contributed by atoms with Gasteiger partial charge in [0.05, 0.1) is 25.3 Å². The molecule has 0 bridgehead atoms. The van der Waals surface area contributed by atoms with E-state index in [1.807, 2.05) is 0 Å². The number of ether oxygens (including phenoxy) is 3. The Hall–Kier alpha value is -2.82. The molecule has 174 valence electrons. The monoisotopic (exact) mass is 466 g/mol. The molecule has 0 aliphatic rings. The quantitative estimate of drug-likeness (QED) is 0.401. The number of carbonyl (C=O) groups is 3. The number of hydrogen-bond acceptors (Lipinski definition) is 8. The third-order valence-electron chi connectivity index (χ3n) is 4.40. The van der Waals surface area contributed by atoms with E-state index in [0.29, 0.717) is 11.1 Å². The maximum Gasteiger partial charge on any atom is 0.348 e. The highest BCUT2D eigenvalue weighted by Crippen LogP contribution is 2.34. The lowest BCUT2D eigenvalue weighted by molar-refractivity contribution is -0.117. The Morgan fingerprint density at radius 1 is 1.12 bits per heavy atom. The Kier molecular flexibility index (Phi) is 9.76. The highest BCUT2D eigenvalue weighted by Gasteiger charge is 2.27. The lowest BCUT2D eigenvalue weighted by Gasteiger charge is -2.16. The van der Waals surface area contributed by atoms with Gasteiger partial charge in [0.25, 0.3) is 0 Å². The van der Waals surface area contributed by atoms with Gasteiger partial charge in [-0.3, -0.25) is 9.69 Å². The number of benzene rings is 1. The van der Waals surface area contributed by atoms with Crippen molar-refractivity contribution in [1.82, 2.24) is 4.90 Å². The summed E-state index contributed by atoms with van der Waals surface area (Å²) >= 11 is 0.942. The molecule has 1 N–H and O–H groups in total. The van der Waals surface area contributed by atoms with Crippen LogP contribution in [0.15, 0.2) is 24.3 Å². The number of methoxy groups -OCH3 is 1. The van der Waals surface area contributed by atoms with E-state index < -0.39 is 17.8 Å². The largest absolute Gasteiger partial charge is 0.462 e. The van der Waals surface area contributed by atoms with Crippen molar-refractivity contribution in [2.24, 2.45) is 0 Å². The van der Waals surface area contributed by atoms with Gasteiger partial charge < -0.3 is 19.5 Å². The summed E-state index contributed by atoms with van der Waals surface area (Å²) in [4.78, 5) is 39.3. The van der Waals surface area contributed by atoms with Gasteiger partial charge in [-0.2, -0.15) is 0 Å². The molecule has 2 aromatic rings. The first-order valence-corrected chi connectivity index (χ1v) is 10.8. The summed E-state index contributed by atoms with van der Waals surface area (Å²) in [6.07, 6.45) is 0. The van der Waals surface area contributed by atoms with E-state index in [4.69, 9.17) is 14.2 Å². The molecule has 0 saturated heterocycles. The number of carbonyl (C=O) groups excluding carboxylic acids is 3. The molecule has 0 spiro atoms. The minimum Gasteiger partial charge on any atom is -0.462 e. The van der Waals surface area contributed by atoms with Crippen LogP contribution in [0.25, 0.3) is 0 Å². The van der Waals surface area contributed by atoms with Crippen LogP contribution >= 0.6 is 11.3 Å². The van der Waals surface area contributed by atoms with Crippen LogP contribution in [0.1, 0.15) is 38.1 Å². The summed E-state index contributed by atoms with van der Waals surface area (Å²) in [7, 11) is 3.16. The lowest BCUT2D eigenvalue weighted by atomic mass is 10.1. The molecule has 1 heterocycles. The van der Waals surface area contributed by atoms with Crippen molar-refractivity contribution >= 4 is 34.2 Å². The molecular formula is C22H27FN2O6S. The minimum atomic E-state index is -0.646. The third-order valence-corrected chi connectivity index (χ3v) is 5.58. The smallest absolute Gasteiger partial charge is 0.348 e. The first-order chi connectivity index (χ1) is 15.3. The number of nitrogens with zero attached hydrogens (tertiary/aromatic N) is 1. The topological polar surface area (TPSA) is 94.2 Å². The molecule has 0 saturated carbocycles. The van der Waals surface area contributed by atoms with E-state index >= 15 is 0 Å². The van der Waals surface area contributed by atoms with Crippen LogP contribution < -0.4 is 5.32 Å². The van der Waals surface area contributed by atoms with E-state index in [1.165, 1.54) is 13.2 Å². The SMILES string of the molecule is CCOC(=O)c1c(NC(=O)CN(C)Cc2ccccc2F)sc(C(=O)OCCOC)c1C. The van der Waals surface area contributed by atoms with Crippen molar-refractivity contribution < 1.29 is 33.0 Å². The third kappa shape index (κ3) is 6.84. The van der Waals surface area contributed by atoms with Crippen LogP contribution in [0.2, 0.25) is 0 Å². The molecule has 0 radical (unpaired) electrons. The number of amides is 1. The molecule has 0 atom stereocenters. The first-order valence-electron chi connectivity index (χ1n) is 9.96. The number of anilines is 1. The minimum absolute atomic E-state index is 0.0544. The predicted molar refractivity (Wildman–Crippen MR) is 119 cm³/mol. The second kappa shape index (κ2) is 12.3. The van der Waals surface area contributed by atoms with Crippen LogP contribution in [0.4, 0.5) is 9.39 Å². The van der Waals surface area contributed by atoms with Crippen molar-refractivity contribution in [2.45, 2.75) is 20.4 Å². The van der Waals surface area contributed by atoms with Crippen molar-refractivity contribution in [2.75, 3.05) is 45.8 Å². The van der Waals surface area contributed by atoms with Gasteiger partial charge in [0.2, 0.25) is 5.91 Å². The molecule has 0 fully saturated rings. The summed E-state index contributed by atoms with van der Waals surface area (Å²) < 4.78 is 28.9. The van der Waals surface area contributed by atoms with Gasteiger partial charge in [0.15, 0.2) is 0 Å². The molecule has 1 amide bonds. The molecule has 0 aliphatic carbocycles. The molecule has 1 aromatic carbocycles. The van der Waals surface area contributed by atoms with Crippen LogP contribution in [0.5, 0.6) is 0 Å². The molecule has 1 aromatic heterocycles. The van der Waals surface area contributed by atoms with Crippen LogP contribution in [-0.4, -0.2) is 63.3 Å². The first kappa shape index (κ1) is 25.4. The zero-order chi connectivity index (χ0) is 23.7. The fourth-order valence-corrected chi connectivity index (χ4v) is 4.02. The summed E-state index contributed by atoms with van der Waals surface area (Å²) in [5.74, 6) is -2.04. The maximum atomic E-state index is 13.9. The van der Waals surface area contributed by atoms with E-state index in [0.717, 1.165) is 11.3 Å². The molecule has 0 aliphatic heterocycles. The zero-order valence-electron chi connectivity index (χ0n) is 18.5. The average molecular weight is 467 g/mol. The Labute approximate surface area is 190 Å². The van der Waals surface area contributed by atoms with Crippen molar-refractivity contribution in [1.29, 1.82) is 0 Å². The summed E-state index contributed by atoms with van der Waals surface area (Å²) in [5, 5.41) is 2.87. The Balaban J connectivity index is 2.16. The fourth-order valence-electron chi connectivity index (χ4n) is 2.91. The van der Waals surface area contributed by atoms with Gasteiger partial charge in [-0.25, -0.2) is 14.0 Å². The molecule has 10 heteroatoms. The van der Waals surface area contributed by atoms with Gasteiger partial charge in [0, 0.05) is 19.2 Å². The normalized spacial score (nSPS) is 10.8. The number of rotatable bonds is 11. The van der Waals surface area contributed by atoms with Gasteiger partial charge in [0.1, 0.15) is 22.3 Å². The molecule has 2 rings (SSSR count). The standard InChI is InChI=1S/C22H27FN2O6S/c1-5-30-21(27)18-14(2)19(22(28)31-11-10-29-4)32-20(18)24-17(26)13-25(3)12-15-8-6-7-9-16(15)23/h6-9H,5,10-13H2,1-4H3,(H,24,26). The van der Waals surface area contributed by atoms with Crippen LogP contribution in [0, 0.1) is 12.7 Å². The van der Waals surface area contributed by atoms with Gasteiger partial charge in [-0.15, -0.1) is 11.3 Å².